The maximum atomic E-state index is 12.3. The molecule has 2 rings (SSSR count). The molecule has 2 N–H and O–H groups in total. The third kappa shape index (κ3) is 3.61. The second kappa shape index (κ2) is 6.55. The van der Waals surface area contributed by atoms with Gasteiger partial charge in [0.25, 0.3) is 0 Å². The van der Waals surface area contributed by atoms with Gasteiger partial charge in [0.2, 0.25) is 10.0 Å². The molecule has 1 atom stereocenters. The summed E-state index contributed by atoms with van der Waals surface area (Å²) in [6.07, 6.45) is 0.769. The lowest BCUT2D eigenvalue weighted by atomic mass is 10.0. The van der Waals surface area contributed by atoms with Crippen LogP contribution in [0.1, 0.15) is 19.8 Å². The Morgan fingerprint density at radius 1 is 1.38 bits per heavy atom. The topological polar surface area (TPSA) is 83.5 Å². The summed E-state index contributed by atoms with van der Waals surface area (Å²) in [5.74, 6) is -1.41. The second-order valence-electron chi connectivity index (χ2n) is 4.73. The molecule has 0 aliphatic heterocycles. The highest BCUT2D eigenvalue weighted by Crippen LogP contribution is 2.28. The van der Waals surface area contributed by atoms with Crippen molar-refractivity contribution in [3.05, 3.63) is 29.6 Å². The number of carboxylic acid groups (broad SMARTS) is 1. The number of aliphatic carboxylic acids is 1. The van der Waals surface area contributed by atoms with E-state index in [2.05, 4.69) is 4.72 Å². The highest BCUT2D eigenvalue weighted by Gasteiger charge is 2.20. The summed E-state index contributed by atoms with van der Waals surface area (Å²) in [6.45, 7) is 1.90. The van der Waals surface area contributed by atoms with Crippen LogP contribution in [0.5, 0.6) is 0 Å². The van der Waals surface area contributed by atoms with Gasteiger partial charge in [-0.3, -0.25) is 4.79 Å². The Bertz CT molecular complexity index is 736. The van der Waals surface area contributed by atoms with Crippen molar-refractivity contribution in [3.63, 3.8) is 0 Å². The maximum Gasteiger partial charge on any atom is 0.306 e. The minimum Gasteiger partial charge on any atom is -0.481 e. The first kappa shape index (κ1) is 15.9. The van der Waals surface area contributed by atoms with Gasteiger partial charge in [0.1, 0.15) is 4.90 Å². The van der Waals surface area contributed by atoms with E-state index < -0.39 is 21.9 Å². The number of nitrogens with one attached hydrogen (secondary N) is 1. The summed E-state index contributed by atoms with van der Waals surface area (Å²) in [4.78, 5) is 11.2. The molecule has 0 spiro atoms. The highest BCUT2D eigenvalue weighted by molar-refractivity contribution is 7.90. The molecule has 21 heavy (non-hydrogen) atoms. The smallest absolute Gasteiger partial charge is 0.306 e. The number of carbonyl (C=O) groups is 1. The van der Waals surface area contributed by atoms with Gasteiger partial charge in [-0.15, -0.1) is 11.3 Å². The molecule has 114 valence electrons. The second-order valence-corrected chi connectivity index (χ2v) is 7.37. The molecule has 2 aromatic rings. The average molecular weight is 327 g/mol. The minimum absolute atomic E-state index is 0.122. The summed E-state index contributed by atoms with van der Waals surface area (Å²) >= 11 is 1.38. The lowest BCUT2D eigenvalue weighted by molar-refractivity contribution is -0.142. The fourth-order valence-electron chi connectivity index (χ4n) is 2.11. The standard InChI is InChI=1S/C14H17NO4S2/c1-2-10(14(16)17)7-8-15-21(18,19)13-9-20-12-6-4-3-5-11(12)13/h3-6,9-10,15H,2,7-8H2,1H3,(H,16,17). The van der Waals surface area contributed by atoms with Crippen LogP contribution in [-0.4, -0.2) is 26.0 Å². The molecule has 0 saturated heterocycles. The molecule has 1 unspecified atom stereocenters. The van der Waals surface area contributed by atoms with E-state index in [9.17, 15) is 13.2 Å². The molecular formula is C14H17NO4S2. The third-order valence-electron chi connectivity index (χ3n) is 3.36. The third-order valence-corrected chi connectivity index (χ3v) is 5.98. The first-order valence-electron chi connectivity index (χ1n) is 6.64. The number of hydrogen-bond acceptors (Lipinski definition) is 4. The number of rotatable bonds is 7. The van der Waals surface area contributed by atoms with Gasteiger partial charge in [0, 0.05) is 22.0 Å². The molecule has 0 amide bonds. The van der Waals surface area contributed by atoms with Gasteiger partial charge in [0.15, 0.2) is 0 Å². The van der Waals surface area contributed by atoms with Crippen molar-refractivity contribution >= 4 is 37.4 Å². The number of sulfonamides is 1. The molecule has 1 aromatic heterocycles. The zero-order valence-electron chi connectivity index (χ0n) is 11.6. The van der Waals surface area contributed by atoms with Crippen LogP contribution < -0.4 is 4.72 Å². The Morgan fingerprint density at radius 2 is 2.10 bits per heavy atom. The van der Waals surface area contributed by atoms with Crippen LogP contribution >= 0.6 is 11.3 Å². The fraction of sp³-hybridized carbons (Fsp3) is 0.357. The Hall–Kier alpha value is -1.44. The zero-order chi connectivity index (χ0) is 15.5. The Morgan fingerprint density at radius 3 is 2.76 bits per heavy atom. The van der Waals surface area contributed by atoms with Crippen LogP contribution in [0.15, 0.2) is 34.5 Å². The summed E-state index contributed by atoms with van der Waals surface area (Å²) in [7, 11) is -3.61. The number of benzene rings is 1. The van der Waals surface area contributed by atoms with Crippen molar-refractivity contribution in [2.24, 2.45) is 5.92 Å². The van der Waals surface area contributed by atoms with Crippen LogP contribution in [0.4, 0.5) is 0 Å². The molecular weight excluding hydrogens is 310 g/mol. The molecule has 0 saturated carbocycles. The molecule has 0 fully saturated rings. The van der Waals surface area contributed by atoms with Crippen LogP contribution in [0, 0.1) is 5.92 Å². The largest absolute Gasteiger partial charge is 0.481 e. The van der Waals surface area contributed by atoms with Gasteiger partial charge in [-0.2, -0.15) is 0 Å². The van der Waals surface area contributed by atoms with Gasteiger partial charge in [-0.25, -0.2) is 13.1 Å². The fourth-order valence-corrected chi connectivity index (χ4v) is 4.66. The average Bonchev–Trinajstić information content (AvgIpc) is 2.88. The van der Waals surface area contributed by atoms with E-state index >= 15 is 0 Å². The monoisotopic (exact) mass is 327 g/mol. The van der Waals surface area contributed by atoms with Crippen molar-refractivity contribution in [3.8, 4) is 0 Å². The molecule has 1 heterocycles. The van der Waals surface area contributed by atoms with E-state index in [1.165, 1.54) is 11.3 Å². The van der Waals surface area contributed by atoms with E-state index in [0.717, 1.165) is 4.70 Å². The molecule has 0 aliphatic carbocycles. The first-order valence-corrected chi connectivity index (χ1v) is 9.00. The van der Waals surface area contributed by atoms with E-state index in [-0.39, 0.29) is 17.9 Å². The first-order chi connectivity index (χ1) is 9.95. The van der Waals surface area contributed by atoms with Gasteiger partial charge in [0.05, 0.1) is 5.92 Å². The van der Waals surface area contributed by atoms with Crippen molar-refractivity contribution in [2.75, 3.05) is 6.54 Å². The molecule has 7 heteroatoms. The van der Waals surface area contributed by atoms with Crippen LogP contribution in [0.25, 0.3) is 10.1 Å². The maximum absolute atomic E-state index is 12.3. The van der Waals surface area contributed by atoms with Gasteiger partial charge in [-0.1, -0.05) is 25.1 Å². The summed E-state index contributed by atoms with van der Waals surface area (Å²) < 4.78 is 28.0. The predicted molar refractivity (Wildman–Crippen MR) is 83.0 cm³/mol. The van der Waals surface area contributed by atoms with E-state index in [0.29, 0.717) is 11.8 Å². The molecule has 0 aliphatic rings. The van der Waals surface area contributed by atoms with Crippen LogP contribution in [-0.2, 0) is 14.8 Å². The van der Waals surface area contributed by atoms with Crippen molar-refractivity contribution < 1.29 is 18.3 Å². The van der Waals surface area contributed by atoms with Gasteiger partial charge in [-0.05, 0) is 18.9 Å². The zero-order valence-corrected chi connectivity index (χ0v) is 13.2. The number of fused-ring (bicyclic) bond motifs is 1. The van der Waals surface area contributed by atoms with Crippen molar-refractivity contribution in [1.82, 2.24) is 4.72 Å². The molecule has 0 bridgehead atoms. The minimum atomic E-state index is -3.61. The predicted octanol–water partition coefficient (Wildman–Crippen LogP) is 2.68. The quantitative estimate of drug-likeness (QED) is 0.819. The summed E-state index contributed by atoms with van der Waals surface area (Å²) in [5.41, 5.74) is 0. The number of hydrogen-bond donors (Lipinski definition) is 2. The molecule has 1 aromatic carbocycles. The lowest BCUT2D eigenvalue weighted by Crippen LogP contribution is -2.27. The van der Waals surface area contributed by atoms with Gasteiger partial charge >= 0.3 is 5.97 Å². The highest BCUT2D eigenvalue weighted by atomic mass is 32.2. The summed E-state index contributed by atoms with van der Waals surface area (Å²) in [6, 6.07) is 7.30. The Balaban J connectivity index is 2.10. The summed E-state index contributed by atoms with van der Waals surface area (Å²) in [5, 5.41) is 11.3. The van der Waals surface area contributed by atoms with E-state index in [1.54, 1.807) is 24.4 Å². The van der Waals surface area contributed by atoms with Crippen molar-refractivity contribution in [1.29, 1.82) is 0 Å². The Kier molecular flexibility index (Phi) is 4.97. The normalized spacial score (nSPS) is 13.4. The molecule has 5 nitrogen and oxygen atoms in total. The molecule has 0 radical (unpaired) electrons. The number of thiophene rings is 1. The van der Waals surface area contributed by atoms with Gasteiger partial charge < -0.3 is 5.11 Å². The Labute approximate surface area is 127 Å². The van der Waals surface area contributed by atoms with E-state index in [4.69, 9.17) is 5.11 Å². The van der Waals surface area contributed by atoms with Crippen LogP contribution in [0.2, 0.25) is 0 Å². The SMILES string of the molecule is CCC(CCNS(=O)(=O)c1csc2ccccc12)C(=O)O. The van der Waals surface area contributed by atoms with E-state index in [1.807, 2.05) is 12.1 Å². The van der Waals surface area contributed by atoms with Crippen molar-refractivity contribution in [2.45, 2.75) is 24.7 Å². The lowest BCUT2D eigenvalue weighted by Gasteiger charge is -2.10. The number of carboxylic acids is 1. The van der Waals surface area contributed by atoms with Crippen LogP contribution in [0.3, 0.4) is 0 Å².